The number of carbonyl (C=O) groups excluding carboxylic acids is 1. The number of rotatable bonds is 4. The Morgan fingerprint density at radius 1 is 1.10 bits per heavy atom. The molecule has 2 rings (SSSR count). The molecule has 0 heterocycles. The minimum absolute atomic E-state index is 0.0484. The molecule has 0 spiro atoms. The number of carbonyl (C=O) groups is 1. The molecule has 0 saturated heterocycles. The van der Waals surface area contributed by atoms with Gasteiger partial charge in [-0.1, -0.05) is 30.3 Å². The Labute approximate surface area is 119 Å². The lowest BCUT2D eigenvalue weighted by molar-refractivity contribution is -0.129. The summed E-state index contributed by atoms with van der Waals surface area (Å²) in [7, 11) is 5.36. The number of aromatic hydroxyl groups is 1. The zero-order valence-corrected chi connectivity index (χ0v) is 12.1. The van der Waals surface area contributed by atoms with Crippen molar-refractivity contribution in [1.82, 2.24) is 9.80 Å². The molecule has 4 nitrogen and oxygen atoms in total. The number of likely N-dealkylation sites (N-methyl/N-ethyl adjacent to an activating group) is 2. The number of nitrogens with zero attached hydrogens (tertiary/aromatic N) is 2. The van der Waals surface area contributed by atoms with Gasteiger partial charge in [0.15, 0.2) is 0 Å². The van der Waals surface area contributed by atoms with Crippen molar-refractivity contribution in [1.29, 1.82) is 0 Å². The first-order valence-electron chi connectivity index (χ1n) is 6.57. The van der Waals surface area contributed by atoms with Gasteiger partial charge < -0.3 is 10.0 Å². The maximum absolute atomic E-state index is 11.7. The van der Waals surface area contributed by atoms with Gasteiger partial charge in [-0.05, 0) is 23.9 Å². The van der Waals surface area contributed by atoms with Gasteiger partial charge in [-0.3, -0.25) is 9.69 Å². The van der Waals surface area contributed by atoms with Gasteiger partial charge >= 0.3 is 0 Å². The number of fused-ring (bicyclic) bond motifs is 1. The van der Waals surface area contributed by atoms with Gasteiger partial charge in [-0.2, -0.15) is 0 Å². The molecule has 106 valence electrons. The molecule has 2 aromatic rings. The highest BCUT2D eigenvalue weighted by molar-refractivity contribution is 5.87. The van der Waals surface area contributed by atoms with Crippen LogP contribution in [0.2, 0.25) is 0 Å². The molecule has 0 saturated carbocycles. The molecule has 4 heteroatoms. The molecular formula is C16H20N2O2. The standard InChI is InChI=1S/C16H20N2O2/c1-17(2)16(20)11-18(3)10-14-13-7-5-4-6-12(13)8-9-15(14)19/h4-9,19H,10-11H2,1-3H3. The van der Waals surface area contributed by atoms with Crippen LogP contribution in [0, 0.1) is 0 Å². The number of benzene rings is 2. The summed E-state index contributed by atoms with van der Waals surface area (Å²) < 4.78 is 0. The molecule has 1 amide bonds. The van der Waals surface area contributed by atoms with Crippen molar-refractivity contribution in [2.24, 2.45) is 0 Å². The van der Waals surface area contributed by atoms with Crippen molar-refractivity contribution >= 4 is 16.7 Å². The first-order chi connectivity index (χ1) is 9.49. The van der Waals surface area contributed by atoms with Gasteiger partial charge in [0, 0.05) is 26.2 Å². The summed E-state index contributed by atoms with van der Waals surface area (Å²) in [4.78, 5) is 15.2. The number of hydrogen-bond donors (Lipinski definition) is 1. The second kappa shape index (κ2) is 5.92. The normalized spacial score (nSPS) is 11.0. The molecule has 0 fully saturated rings. The van der Waals surface area contributed by atoms with E-state index < -0.39 is 0 Å². The van der Waals surface area contributed by atoms with Crippen molar-refractivity contribution in [3.8, 4) is 5.75 Å². The van der Waals surface area contributed by atoms with Crippen LogP contribution in [0.1, 0.15) is 5.56 Å². The molecule has 20 heavy (non-hydrogen) atoms. The van der Waals surface area contributed by atoms with Crippen LogP contribution in [0.4, 0.5) is 0 Å². The molecule has 0 bridgehead atoms. The van der Waals surface area contributed by atoms with E-state index in [9.17, 15) is 9.90 Å². The van der Waals surface area contributed by atoms with E-state index in [2.05, 4.69) is 0 Å². The highest BCUT2D eigenvalue weighted by atomic mass is 16.3. The van der Waals surface area contributed by atoms with Crippen LogP contribution in [-0.2, 0) is 11.3 Å². The largest absolute Gasteiger partial charge is 0.508 e. The predicted octanol–water partition coefficient (Wildman–Crippen LogP) is 2.07. The Morgan fingerprint density at radius 3 is 2.50 bits per heavy atom. The first-order valence-corrected chi connectivity index (χ1v) is 6.57. The quantitative estimate of drug-likeness (QED) is 0.926. The molecule has 2 aromatic carbocycles. The number of hydrogen-bond acceptors (Lipinski definition) is 3. The van der Waals surface area contributed by atoms with Crippen molar-refractivity contribution in [2.45, 2.75) is 6.54 Å². The van der Waals surface area contributed by atoms with Crippen LogP contribution in [0.25, 0.3) is 10.8 Å². The fourth-order valence-corrected chi connectivity index (χ4v) is 2.19. The van der Waals surface area contributed by atoms with Crippen LogP contribution in [0.5, 0.6) is 5.75 Å². The number of phenols is 1. The molecule has 0 unspecified atom stereocenters. The third-order valence-electron chi connectivity index (χ3n) is 3.35. The van der Waals surface area contributed by atoms with Gasteiger partial charge in [0.1, 0.15) is 5.75 Å². The highest BCUT2D eigenvalue weighted by Crippen LogP contribution is 2.27. The summed E-state index contributed by atoms with van der Waals surface area (Å²) in [5.74, 6) is 0.320. The van der Waals surface area contributed by atoms with Crippen LogP contribution >= 0.6 is 0 Å². The van der Waals surface area contributed by atoms with Gasteiger partial charge in [-0.25, -0.2) is 0 Å². The summed E-state index contributed by atoms with van der Waals surface area (Å²) >= 11 is 0. The summed E-state index contributed by atoms with van der Waals surface area (Å²) in [5, 5.41) is 12.2. The minimum atomic E-state index is 0.0484. The van der Waals surface area contributed by atoms with Crippen LogP contribution < -0.4 is 0 Å². The predicted molar refractivity (Wildman–Crippen MR) is 80.6 cm³/mol. The van der Waals surface area contributed by atoms with E-state index in [1.807, 2.05) is 42.3 Å². The zero-order valence-electron chi connectivity index (χ0n) is 12.1. The van der Waals surface area contributed by atoms with E-state index in [0.29, 0.717) is 13.1 Å². The maximum Gasteiger partial charge on any atom is 0.236 e. The third kappa shape index (κ3) is 3.08. The van der Waals surface area contributed by atoms with E-state index >= 15 is 0 Å². The van der Waals surface area contributed by atoms with E-state index in [1.165, 1.54) is 0 Å². The monoisotopic (exact) mass is 272 g/mol. The van der Waals surface area contributed by atoms with E-state index in [1.54, 1.807) is 25.1 Å². The lowest BCUT2D eigenvalue weighted by Crippen LogP contribution is -2.34. The Hall–Kier alpha value is -2.07. The van der Waals surface area contributed by atoms with Gasteiger partial charge in [0.25, 0.3) is 0 Å². The van der Waals surface area contributed by atoms with E-state index in [0.717, 1.165) is 16.3 Å². The fraction of sp³-hybridized carbons (Fsp3) is 0.312. The number of phenolic OH excluding ortho intramolecular Hbond substituents is 1. The molecule has 0 aromatic heterocycles. The summed E-state index contributed by atoms with van der Waals surface area (Å²) in [5.41, 5.74) is 0.858. The smallest absolute Gasteiger partial charge is 0.236 e. The second-order valence-electron chi connectivity index (χ2n) is 5.24. The average molecular weight is 272 g/mol. The van der Waals surface area contributed by atoms with Crippen molar-refractivity contribution < 1.29 is 9.90 Å². The third-order valence-corrected chi connectivity index (χ3v) is 3.35. The zero-order chi connectivity index (χ0) is 14.7. The molecule has 0 radical (unpaired) electrons. The molecule has 0 atom stereocenters. The Bertz CT molecular complexity index is 623. The summed E-state index contributed by atoms with van der Waals surface area (Å²) in [6, 6.07) is 11.5. The van der Waals surface area contributed by atoms with E-state index in [4.69, 9.17) is 0 Å². The minimum Gasteiger partial charge on any atom is -0.508 e. The van der Waals surface area contributed by atoms with Gasteiger partial charge in [0.2, 0.25) is 5.91 Å². The topological polar surface area (TPSA) is 43.8 Å². The van der Waals surface area contributed by atoms with Crippen LogP contribution in [0.3, 0.4) is 0 Å². The molecular weight excluding hydrogens is 252 g/mol. The molecule has 0 aliphatic rings. The first kappa shape index (κ1) is 14.3. The Balaban J connectivity index is 2.25. The van der Waals surface area contributed by atoms with E-state index in [-0.39, 0.29) is 11.7 Å². The Morgan fingerprint density at radius 2 is 1.80 bits per heavy atom. The molecule has 1 N–H and O–H groups in total. The Kier molecular flexibility index (Phi) is 4.25. The maximum atomic E-state index is 11.7. The average Bonchev–Trinajstić information content (AvgIpc) is 2.42. The van der Waals surface area contributed by atoms with Crippen molar-refractivity contribution in [2.75, 3.05) is 27.7 Å². The fourth-order valence-electron chi connectivity index (χ4n) is 2.19. The lowest BCUT2D eigenvalue weighted by Gasteiger charge is -2.20. The van der Waals surface area contributed by atoms with Gasteiger partial charge in [-0.15, -0.1) is 0 Å². The number of amides is 1. The highest BCUT2D eigenvalue weighted by Gasteiger charge is 2.13. The van der Waals surface area contributed by atoms with Crippen LogP contribution in [-0.4, -0.2) is 48.5 Å². The van der Waals surface area contributed by atoms with Gasteiger partial charge in [0.05, 0.1) is 6.54 Å². The van der Waals surface area contributed by atoms with Crippen LogP contribution in [0.15, 0.2) is 36.4 Å². The molecule has 0 aliphatic carbocycles. The second-order valence-corrected chi connectivity index (χ2v) is 5.24. The summed E-state index contributed by atoms with van der Waals surface area (Å²) in [6.45, 7) is 0.864. The lowest BCUT2D eigenvalue weighted by atomic mass is 10.0. The van der Waals surface area contributed by atoms with Crippen molar-refractivity contribution in [3.05, 3.63) is 42.0 Å². The SMILES string of the molecule is CN(CC(=O)N(C)C)Cc1c(O)ccc2ccccc12. The van der Waals surface area contributed by atoms with Crippen molar-refractivity contribution in [3.63, 3.8) is 0 Å². The summed E-state index contributed by atoms with van der Waals surface area (Å²) in [6.07, 6.45) is 0. The molecule has 0 aliphatic heterocycles.